The predicted octanol–water partition coefficient (Wildman–Crippen LogP) is 2.79. The Labute approximate surface area is 196 Å². The number of aryl methyl sites for hydroxylation is 1. The van der Waals surface area contributed by atoms with Crippen LogP contribution in [0.4, 0.5) is 4.79 Å². The number of amides is 3. The van der Waals surface area contributed by atoms with Crippen molar-refractivity contribution in [2.75, 3.05) is 6.61 Å². The monoisotopic (exact) mass is 457 g/mol. The summed E-state index contributed by atoms with van der Waals surface area (Å²) < 4.78 is 5.18. The average Bonchev–Trinajstić information content (AvgIpc) is 2.75. The van der Waals surface area contributed by atoms with Gasteiger partial charge in [0.1, 0.15) is 17.7 Å². The molecule has 0 aromatic heterocycles. The van der Waals surface area contributed by atoms with Gasteiger partial charge in [-0.1, -0.05) is 50.0 Å². The lowest BCUT2D eigenvalue weighted by Gasteiger charge is -2.32. The van der Waals surface area contributed by atoms with Crippen molar-refractivity contribution in [3.63, 3.8) is 0 Å². The summed E-state index contributed by atoms with van der Waals surface area (Å²) in [4.78, 5) is 39.8. The largest absolute Gasteiger partial charge is 0.444 e. The van der Waals surface area contributed by atoms with E-state index in [9.17, 15) is 19.5 Å². The van der Waals surface area contributed by atoms with E-state index in [-0.39, 0.29) is 6.04 Å². The van der Waals surface area contributed by atoms with Crippen LogP contribution in [0.15, 0.2) is 24.3 Å². The van der Waals surface area contributed by atoms with Crippen molar-refractivity contribution in [2.45, 2.75) is 83.5 Å². The number of rotatable bonds is 7. The van der Waals surface area contributed by atoms with E-state index in [1.165, 1.54) is 0 Å². The zero-order chi connectivity index (χ0) is 24.6. The molecule has 0 spiro atoms. The maximum Gasteiger partial charge on any atom is 0.408 e. The number of hydrogen-bond donors (Lipinski definition) is 3. The smallest absolute Gasteiger partial charge is 0.408 e. The highest BCUT2D eigenvalue weighted by Crippen LogP contribution is 2.26. The first-order valence-corrected chi connectivity index (χ1v) is 11.3. The summed E-state index contributed by atoms with van der Waals surface area (Å²) in [5.41, 5.74) is 0.573. The normalized spacial score (nSPS) is 16.1. The van der Waals surface area contributed by atoms with Crippen LogP contribution in [0.1, 0.15) is 70.0 Å². The molecule has 2 atom stereocenters. The lowest BCUT2D eigenvalue weighted by atomic mass is 9.94. The second-order valence-corrected chi connectivity index (χ2v) is 9.32. The van der Waals surface area contributed by atoms with Crippen molar-refractivity contribution in [1.29, 1.82) is 0 Å². The third-order valence-corrected chi connectivity index (χ3v) is 5.49. The Kier molecular flexibility index (Phi) is 9.30. The third kappa shape index (κ3) is 7.50. The Hall–Kier alpha value is -3.05. The van der Waals surface area contributed by atoms with Crippen LogP contribution >= 0.6 is 0 Å². The maximum absolute atomic E-state index is 13.4. The number of hydrogen-bond acceptors (Lipinski definition) is 5. The van der Waals surface area contributed by atoms with Crippen molar-refractivity contribution in [1.82, 2.24) is 15.5 Å². The summed E-state index contributed by atoms with van der Waals surface area (Å²) in [6.45, 7) is 6.17. The van der Waals surface area contributed by atoms with Gasteiger partial charge in [0.25, 0.3) is 5.91 Å². The van der Waals surface area contributed by atoms with Crippen molar-refractivity contribution in [3.8, 4) is 12.5 Å². The lowest BCUT2D eigenvalue weighted by Crippen LogP contribution is -2.53. The van der Waals surface area contributed by atoms with E-state index in [4.69, 9.17) is 11.2 Å². The Morgan fingerprint density at radius 3 is 2.39 bits per heavy atom. The van der Waals surface area contributed by atoms with E-state index in [0.717, 1.165) is 42.6 Å². The molecular weight excluding hydrogens is 422 g/mol. The molecule has 8 heteroatoms. The molecule has 3 amide bonds. The molecule has 1 aromatic carbocycles. The molecule has 1 aliphatic carbocycles. The van der Waals surface area contributed by atoms with E-state index >= 15 is 0 Å². The summed E-state index contributed by atoms with van der Waals surface area (Å²) in [6, 6.07) is 7.01. The first-order chi connectivity index (χ1) is 15.6. The van der Waals surface area contributed by atoms with Crippen LogP contribution in [0.3, 0.4) is 0 Å². The molecule has 0 heterocycles. The fourth-order valence-corrected chi connectivity index (χ4v) is 3.89. The minimum Gasteiger partial charge on any atom is -0.444 e. The Morgan fingerprint density at radius 1 is 1.21 bits per heavy atom. The van der Waals surface area contributed by atoms with Gasteiger partial charge in [-0.15, -0.1) is 0 Å². The molecule has 1 saturated carbocycles. The van der Waals surface area contributed by atoms with E-state index in [1.54, 1.807) is 32.9 Å². The molecule has 1 fully saturated rings. The molecule has 1 aliphatic rings. The number of carbonyl (C=O) groups excluding carboxylic acids is 3. The summed E-state index contributed by atoms with van der Waals surface area (Å²) >= 11 is 0. The van der Waals surface area contributed by atoms with Gasteiger partial charge in [-0.2, -0.15) is 0 Å². The highest BCUT2D eigenvalue weighted by atomic mass is 16.6. The molecule has 8 nitrogen and oxygen atoms in total. The summed E-state index contributed by atoms with van der Waals surface area (Å²) in [7, 11) is 0. The number of nitrogens with zero attached hydrogens (tertiary/aromatic N) is 1. The number of aliphatic hydroxyl groups is 1. The fourth-order valence-electron chi connectivity index (χ4n) is 3.89. The highest BCUT2D eigenvalue weighted by Gasteiger charge is 2.37. The molecule has 0 aliphatic heterocycles. The van der Waals surface area contributed by atoms with Gasteiger partial charge in [0.2, 0.25) is 5.91 Å². The van der Waals surface area contributed by atoms with Gasteiger partial charge >= 0.3 is 6.09 Å². The van der Waals surface area contributed by atoms with Crippen LogP contribution in [0, 0.1) is 19.4 Å². The Bertz CT molecular complexity index is 881. The van der Waals surface area contributed by atoms with Crippen LogP contribution in [0.25, 0.3) is 0 Å². The van der Waals surface area contributed by atoms with Gasteiger partial charge in [0.15, 0.2) is 0 Å². The summed E-state index contributed by atoms with van der Waals surface area (Å²) in [5.74, 6) is -1.17. The molecule has 0 bridgehead atoms. The number of alkyl carbamates (subject to hydrolysis) is 1. The lowest BCUT2D eigenvalue weighted by molar-refractivity contribution is -0.139. The van der Waals surface area contributed by atoms with Gasteiger partial charge < -0.3 is 20.5 Å². The fraction of sp³-hybridized carbons (Fsp3) is 0.560. The molecule has 0 radical (unpaired) electrons. The average molecular weight is 458 g/mol. The zero-order valence-corrected chi connectivity index (χ0v) is 19.9. The number of ether oxygens (including phenoxy) is 1. The molecule has 3 N–H and O–H groups in total. The Morgan fingerprint density at radius 2 is 1.85 bits per heavy atom. The second-order valence-electron chi connectivity index (χ2n) is 9.32. The molecule has 0 saturated heterocycles. The zero-order valence-electron chi connectivity index (χ0n) is 19.9. The van der Waals surface area contributed by atoms with E-state index in [0.29, 0.717) is 5.56 Å². The van der Waals surface area contributed by atoms with Gasteiger partial charge in [-0.25, -0.2) is 4.79 Å². The van der Waals surface area contributed by atoms with Gasteiger partial charge in [-0.3, -0.25) is 14.5 Å². The van der Waals surface area contributed by atoms with E-state index in [1.807, 2.05) is 19.1 Å². The maximum atomic E-state index is 13.4. The quantitative estimate of drug-likeness (QED) is 0.431. The van der Waals surface area contributed by atoms with Crippen molar-refractivity contribution >= 4 is 17.9 Å². The minimum absolute atomic E-state index is 0.0148. The standard InChI is InChI=1S/C25H35N3O5/c1-6-28(23(31)20(16-29)27-24(32)33-25(3,4)5)21(19-15-11-10-12-17(19)2)22(30)26-18-13-8-7-9-14-18/h1,10-12,15,18,20-21,29H,7-9,13-14,16H2,2-5H3,(H,26,30)(H,27,32). The third-order valence-electron chi connectivity index (χ3n) is 5.49. The van der Waals surface area contributed by atoms with Gasteiger partial charge in [0, 0.05) is 12.1 Å². The number of nitrogens with one attached hydrogen (secondary N) is 2. The number of aliphatic hydroxyl groups excluding tert-OH is 1. The SMILES string of the molecule is C#CN(C(=O)C(CO)NC(=O)OC(C)(C)C)C(C(=O)NC1CCCCC1)c1ccccc1C. The van der Waals surface area contributed by atoms with Gasteiger partial charge in [-0.05, 0) is 51.7 Å². The summed E-state index contributed by atoms with van der Waals surface area (Å²) in [5, 5.41) is 15.2. The first-order valence-electron chi connectivity index (χ1n) is 11.3. The van der Waals surface area contributed by atoms with Crippen LogP contribution in [0.5, 0.6) is 0 Å². The number of carbonyl (C=O) groups is 3. The minimum atomic E-state index is -1.37. The predicted molar refractivity (Wildman–Crippen MR) is 125 cm³/mol. The van der Waals surface area contributed by atoms with E-state index < -0.39 is 42.2 Å². The molecule has 2 unspecified atom stereocenters. The molecule has 2 rings (SSSR count). The van der Waals surface area contributed by atoms with E-state index in [2.05, 4.69) is 16.7 Å². The molecule has 1 aromatic rings. The topological polar surface area (TPSA) is 108 Å². The summed E-state index contributed by atoms with van der Waals surface area (Å²) in [6.07, 6.45) is 9.78. The van der Waals surface area contributed by atoms with Crippen LogP contribution < -0.4 is 10.6 Å². The van der Waals surface area contributed by atoms with Crippen LogP contribution in [0.2, 0.25) is 0 Å². The second kappa shape index (κ2) is 11.7. The van der Waals surface area contributed by atoms with Crippen molar-refractivity contribution < 1.29 is 24.2 Å². The molecule has 33 heavy (non-hydrogen) atoms. The number of terminal acetylenes is 1. The first kappa shape index (κ1) is 26.2. The Balaban J connectivity index is 2.32. The van der Waals surface area contributed by atoms with Crippen molar-refractivity contribution in [2.24, 2.45) is 0 Å². The molecule has 180 valence electrons. The van der Waals surface area contributed by atoms with Crippen LogP contribution in [-0.2, 0) is 14.3 Å². The highest BCUT2D eigenvalue weighted by molar-refractivity contribution is 5.93. The van der Waals surface area contributed by atoms with Crippen LogP contribution in [-0.4, -0.2) is 52.2 Å². The molecular formula is C25H35N3O5. The van der Waals surface area contributed by atoms with Crippen molar-refractivity contribution in [3.05, 3.63) is 35.4 Å². The van der Waals surface area contributed by atoms with Gasteiger partial charge in [0.05, 0.1) is 6.61 Å². The number of benzene rings is 1.